The topological polar surface area (TPSA) is 66.8 Å². The van der Waals surface area contributed by atoms with Crippen molar-refractivity contribution in [3.8, 4) is 0 Å². The SMILES string of the molecule is CC(C)[C@H]1OC(=O)N(Cc2ccccc2)[C@H]1C(=O)O. The number of nitrogens with zero attached hydrogens (tertiary/aromatic N) is 1. The first-order chi connectivity index (χ1) is 9.00. The van der Waals surface area contributed by atoms with Crippen molar-refractivity contribution >= 4 is 12.1 Å². The van der Waals surface area contributed by atoms with Crippen LogP contribution in [0.25, 0.3) is 0 Å². The smallest absolute Gasteiger partial charge is 0.411 e. The number of ether oxygens (including phenoxy) is 1. The molecular formula is C14H17NO4. The van der Waals surface area contributed by atoms with Crippen LogP contribution in [0, 0.1) is 5.92 Å². The van der Waals surface area contributed by atoms with Crippen LogP contribution in [-0.4, -0.2) is 34.2 Å². The molecule has 0 spiro atoms. The Balaban J connectivity index is 2.22. The average Bonchev–Trinajstić information content (AvgIpc) is 2.68. The van der Waals surface area contributed by atoms with E-state index in [0.717, 1.165) is 5.56 Å². The van der Waals surface area contributed by atoms with E-state index in [-0.39, 0.29) is 12.5 Å². The van der Waals surface area contributed by atoms with Crippen molar-refractivity contribution in [3.05, 3.63) is 35.9 Å². The first-order valence-electron chi connectivity index (χ1n) is 6.24. The van der Waals surface area contributed by atoms with Crippen molar-refractivity contribution in [1.82, 2.24) is 4.90 Å². The quantitative estimate of drug-likeness (QED) is 0.903. The number of amides is 1. The molecule has 2 rings (SSSR count). The van der Waals surface area contributed by atoms with Gasteiger partial charge in [0, 0.05) is 0 Å². The van der Waals surface area contributed by atoms with Gasteiger partial charge >= 0.3 is 12.1 Å². The Morgan fingerprint density at radius 1 is 1.37 bits per heavy atom. The summed E-state index contributed by atoms with van der Waals surface area (Å²) in [7, 11) is 0. The molecule has 0 bridgehead atoms. The molecular weight excluding hydrogens is 246 g/mol. The lowest BCUT2D eigenvalue weighted by molar-refractivity contribution is -0.143. The van der Waals surface area contributed by atoms with Crippen molar-refractivity contribution in [2.75, 3.05) is 0 Å². The molecule has 0 aromatic heterocycles. The Morgan fingerprint density at radius 2 is 2.00 bits per heavy atom. The number of cyclic esters (lactones) is 1. The predicted octanol–water partition coefficient (Wildman–Crippen LogP) is 2.12. The highest BCUT2D eigenvalue weighted by Crippen LogP contribution is 2.27. The van der Waals surface area contributed by atoms with E-state index in [9.17, 15) is 14.7 Å². The van der Waals surface area contributed by atoms with Gasteiger partial charge in [-0.25, -0.2) is 9.59 Å². The van der Waals surface area contributed by atoms with Gasteiger partial charge in [0.15, 0.2) is 6.04 Å². The Morgan fingerprint density at radius 3 is 2.53 bits per heavy atom. The summed E-state index contributed by atoms with van der Waals surface area (Å²) in [5.41, 5.74) is 0.884. The minimum atomic E-state index is -1.03. The van der Waals surface area contributed by atoms with E-state index in [2.05, 4.69) is 0 Å². The summed E-state index contributed by atoms with van der Waals surface area (Å²) in [6.07, 6.45) is -1.16. The monoisotopic (exact) mass is 263 g/mol. The Hall–Kier alpha value is -2.04. The lowest BCUT2D eigenvalue weighted by Crippen LogP contribution is -2.44. The average molecular weight is 263 g/mol. The number of hydrogen-bond acceptors (Lipinski definition) is 3. The normalized spacial score (nSPS) is 22.7. The second kappa shape index (κ2) is 5.30. The summed E-state index contributed by atoms with van der Waals surface area (Å²) in [4.78, 5) is 24.5. The molecule has 5 heteroatoms. The van der Waals surface area contributed by atoms with E-state index in [4.69, 9.17) is 4.74 Å². The molecule has 0 aliphatic carbocycles. The molecule has 1 fully saturated rings. The molecule has 19 heavy (non-hydrogen) atoms. The third-order valence-corrected chi connectivity index (χ3v) is 3.22. The van der Waals surface area contributed by atoms with Crippen LogP contribution in [0.4, 0.5) is 4.79 Å². The van der Waals surface area contributed by atoms with E-state index in [0.29, 0.717) is 0 Å². The molecule has 2 atom stereocenters. The molecule has 1 aromatic rings. The lowest BCUT2D eigenvalue weighted by atomic mass is 9.99. The molecule has 1 amide bonds. The van der Waals surface area contributed by atoms with Crippen LogP contribution in [0.3, 0.4) is 0 Å². The standard InChI is InChI=1S/C14H17NO4/c1-9(2)12-11(13(16)17)15(14(18)19-12)8-10-6-4-3-5-7-10/h3-7,9,11-12H,8H2,1-2H3,(H,16,17)/t11-,12-/m1/s1. The van der Waals surface area contributed by atoms with Crippen LogP contribution in [0.1, 0.15) is 19.4 Å². The number of benzene rings is 1. The highest BCUT2D eigenvalue weighted by molar-refractivity contribution is 5.83. The van der Waals surface area contributed by atoms with Crippen LogP contribution in [0.2, 0.25) is 0 Å². The van der Waals surface area contributed by atoms with Crippen molar-refractivity contribution < 1.29 is 19.4 Å². The van der Waals surface area contributed by atoms with Gasteiger partial charge < -0.3 is 9.84 Å². The van der Waals surface area contributed by atoms with Crippen LogP contribution >= 0.6 is 0 Å². The van der Waals surface area contributed by atoms with Crippen molar-refractivity contribution in [3.63, 3.8) is 0 Å². The van der Waals surface area contributed by atoms with Crippen molar-refractivity contribution in [2.45, 2.75) is 32.5 Å². The first kappa shape index (κ1) is 13.4. The summed E-state index contributed by atoms with van der Waals surface area (Å²) in [6.45, 7) is 3.94. The second-order valence-corrected chi connectivity index (χ2v) is 4.99. The number of hydrogen-bond donors (Lipinski definition) is 1. The van der Waals surface area contributed by atoms with Crippen LogP contribution < -0.4 is 0 Å². The fourth-order valence-electron chi connectivity index (χ4n) is 2.26. The summed E-state index contributed by atoms with van der Waals surface area (Å²) in [6, 6.07) is 8.37. The molecule has 102 valence electrons. The van der Waals surface area contributed by atoms with E-state index in [1.54, 1.807) is 0 Å². The van der Waals surface area contributed by atoms with E-state index in [1.807, 2.05) is 44.2 Å². The number of carboxylic acids is 1. The second-order valence-electron chi connectivity index (χ2n) is 4.99. The molecule has 5 nitrogen and oxygen atoms in total. The highest BCUT2D eigenvalue weighted by Gasteiger charge is 2.47. The Labute approximate surface area is 111 Å². The zero-order valence-corrected chi connectivity index (χ0v) is 10.9. The third-order valence-electron chi connectivity index (χ3n) is 3.22. The fourth-order valence-corrected chi connectivity index (χ4v) is 2.26. The molecule has 1 heterocycles. The zero-order chi connectivity index (χ0) is 14.0. The molecule has 0 unspecified atom stereocenters. The minimum Gasteiger partial charge on any atom is -0.480 e. The van der Waals surface area contributed by atoms with Crippen molar-refractivity contribution in [1.29, 1.82) is 0 Å². The number of rotatable bonds is 4. The van der Waals surface area contributed by atoms with Crippen LogP contribution in [-0.2, 0) is 16.1 Å². The molecule has 1 aliphatic heterocycles. The van der Waals surface area contributed by atoms with Gasteiger partial charge in [0.2, 0.25) is 0 Å². The molecule has 0 radical (unpaired) electrons. The zero-order valence-electron chi connectivity index (χ0n) is 10.9. The maximum absolute atomic E-state index is 11.8. The number of aliphatic carboxylic acids is 1. The fraction of sp³-hybridized carbons (Fsp3) is 0.429. The lowest BCUT2D eigenvalue weighted by Gasteiger charge is -2.22. The molecule has 1 aliphatic rings. The largest absolute Gasteiger partial charge is 0.480 e. The summed E-state index contributed by atoms with van der Waals surface area (Å²) in [5, 5.41) is 9.32. The molecule has 1 N–H and O–H groups in total. The summed E-state index contributed by atoms with van der Waals surface area (Å²) >= 11 is 0. The van der Waals surface area contributed by atoms with E-state index in [1.165, 1.54) is 4.90 Å². The Bertz CT molecular complexity index is 472. The van der Waals surface area contributed by atoms with Gasteiger partial charge in [0.05, 0.1) is 6.54 Å². The minimum absolute atomic E-state index is 0.0363. The Kier molecular flexibility index (Phi) is 3.74. The van der Waals surface area contributed by atoms with Gasteiger partial charge in [-0.1, -0.05) is 44.2 Å². The third kappa shape index (κ3) is 2.70. The number of carboxylic acid groups (broad SMARTS) is 1. The van der Waals surface area contributed by atoms with Crippen LogP contribution in [0.15, 0.2) is 30.3 Å². The van der Waals surface area contributed by atoms with E-state index >= 15 is 0 Å². The maximum atomic E-state index is 11.8. The van der Waals surface area contributed by atoms with Gasteiger partial charge in [-0.3, -0.25) is 4.90 Å². The van der Waals surface area contributed by atoms with Gasteiger partial charge in [-0.05, 0) is 11.5 Å². The van der Waals surface area contributed by atoms with E-state index < -0.39 is 24.2 Å². The van der Waals surface area contributed by atoms with Gasteiger partial charge in [-0.15, -0.1) is 0 Å². The number of carbonyl (C=O) groups is 2. The molecule has 1 aromatic carbocycles. The number of carbonyl (C=O) groups excluding carboxylic acids is 1. The van der Waals surface area contributed by atoms with Gasteiger partial charge in [0.1, 0.15) is 6.10 Å². The summed E-state index contributed by atoms with van der Waals surface area (Å²) in [5.74, 6) is -1.06. The van der Waals surface area contributed by atoms with Gasteiger partial charge in [-0.2, -0.15) is 0 Å². The van der Waals surface area contributed by atoms with Crippen LogP contribution in [0.5, 0.6) is 0 Å². The molecule has 0 saturated carbocycles. The predicted molar refractivity (Wildman–Crippen MR) is 68.5 cm³/mol. The van der Waals surface area contributed by atoms with Gasteiger partial charge in [0.25, 0.3) is 0 Å². The highest BCUT2D eigenvalue weighted by atomic mass is 16.6. The maximum Gasteiger partial charge on any atom is 0.411 e. The molecule has 1 saturated heterocycles. The first-order valence-corrected chi connectivity index (χ1v) is 6.24. The van der Waals surface area contributed by atoms with Crippen molar-refractivity contribution in [2.24, 2.45) is 5.92 Å². The summed E-state index contributed by atoms with van der Waals surface area (Å²) < 4.78 is 5.19.